The molecular weight excluding hydrogens is 462 g/mol. The number of carbonyl (C=O) groups excluding carboxylic acids is 3. The van der Waals surface area contributed by atoms with Gasteiger partial charge in [-0.3, -0.25) is 9.36 Å². The van der Waals surface area contributed by atoms with Gasteiger partial charge in [0, 0.05) is 32.5 Å². The second-order valence-corrected chi connectivity index (χ2v) is 8.78. The Balaban J connectivity index is 1.51. The normalized spacial score (nSPS) is 15.4. The van der Waals surface area contributed by atoms with E-state index in [9.17, 15) is 14.4 Å². The average molecular weight is 492 g/mol. The molecule has 1 aliphatic rings. The van der Waals surface area contributed by atoms with Gasteiger partial charge in [0.15, 0.2) is 5.82 Å². The summed E-state index contributed by atoms with van der Waals surface area (Å²) in [5.41, 5.74) is 1.64. The Morgan fingerprint density at radius 3 is 2.47 bits per heavy atom. The van der Waals surface area contributed by atoms with Crippen molar-refractivity contribution in [3.63, 3.8) is 0 Å². The number of hydrogen-bond donors (Lipinski definition) is 1. The van der Waals surface area contributed by atoms with Gasteiger partial charge in [-0.15, -0.1) is 10.2 Å². The number of ether oxygens (including phenoxy) is 2. The zero-order chi connectivity index (χ0) is 25.7. The number of aromatic nitrogens is 3. The predicted octanol–water partition coefficient (Wildman–Crippen LogP) is 2.78. The summed E-state index contributed by atoms with van der Waals surface area (Å²) in [6.07, 6.45) is 1.86. The summed E-state index contributed by atoms with van der Waals surface area (Å²) >= 11 is 0. The van der Waals surface area contributed by atoms with Crippen molar-refractivity contribution in [1.29, 1.82) is 0 Å². The van der Waals surface area contributed by atoms with E-state index >= 15 is 0 Å². The summed E-state index contributed by atoms with van der Waals surface area (Å²) < 4.78 is 12.1. The number of rotatable bonds is 7. The van der Waals surface area contributed by atoms with Crippen molar-refractivity contribution in [3.05, 3.63) is 66.0 Å². The van der Waals surface area contributed by atoms with E-state index in [1.807, 2.05) is 34.9 Å². The number of methoxy groups -OCH3 is 1. The lowest BCUT2D eigenvalue weighted by Gasteiger charge is -2.27. The molecule has 188 valence electrons. The van der Waals surface area contributed by atoms with Gasteiger partial charge >= 0.3 is 12.1 Å². The molecule has 0 radical (unpaired) electrons. The third-order valence-electron chi connectivity index (χ3n) is 6.03. The van der Waals surface area contributed by atoms with Crippen molar-refractivity contribution in [2.24, 2.45) is 0 Å². The van der Waals surface area contributed by atoms with Crippen LogP contribution in [0.2, 0.25) is 0 Å². The highest BCUT2D eigenvalue weighted by Gasteiger charge is 2.33. The minimum absolute atomic E-state index is 0.216. The van der Waals surface area contributed by atoms with Crippen LogP contribution in [-0.4, -0.2) is 64.9 Å². The molecular formula is C26H29N5O5. The van der Waals surface area contributed by atoms with E-state index in [4.69, 9.17) is 9.47 Å². The fourth-order valence-corrected chi connectivity index (χ4v) is 4.16. The maximum Gasteiger partial charge on any atom is 0.414 e. The summed E-state index contributed by atoms with van der Waals surface area (Å²) in [5, 5.41) is 11.5. The molecule has 1 N–H and O–H groups in total. The number of fused-ring (bicyclic) bond motifs is 1. The molecule has 36 heavy (non-hydrogen) atoms. The van der Waals surface area contributed by atoms with Gasteiger partial charge < -0.3 is 19.7 Å². The maximum atomic E-state index is 13.4. The number of nitrogens with one attached hydrogen (secondary N) is 1. The molecule has 2 atom stereocenters. The van der Waals surface area contributed by atoms with Crippen molar-refractivity contribution in [2.75, 3.05) is 21.2 Å². The zero-order valence-electron chi connectivity index (χ0n) is 20.5. The van der Waals surface area contributed by atoms with Crippen LogP contribution in [0.25, 0.3) is 11.4 Å². The first kappa shape index (κ1) is 24.9. The smallest absolute Gasteiger partial charge is 0.414 e. The van der Waals surface area contributed by atoms with Crippen molar-refractivity contribution < 1.29 is 23.9 Å². The van der Waals surface area contributed by atoms with Gasteiger partial charge in [-0.1, -0.05) is 42.5 Å². The number of amides is 2. The maximum absolute atomic E-state index is 13.4. The minimum Gasteiger partial charge on any atom is -0.467 e. The quantitative estimate of drug-likeness (QED) is 0.505. The first-order valence-electron chi connectivity index (χ1n) is 11.7. The second kappa shape index (κ2) is 11.0. The Hall–Kier alpha value is -4.21. The molecule has 0 saturated heterocycles. The predicted molar refractivity (Wildman–Crippen MR) is 131 cm³/mol. The lowest BCUT2D eigenvalue weighted by molar-refractivity contribution is -0.145. The van der Waals surface area contributed by atoms with E-state index in [0.717, 1.165) is 29.8 Å². The van der Waals surface area contributed by atoms with Gasteiger partial charge in [0.1, 0.15) is 23.7 Å². The minimum atomic E-state index is -0.889. The number of nitrogens with zero attached hydrogens (tertiary/aromatic N) is 4. The van der Waals surface area contributed by atoms with Crippen LogP contribution in [0.3, 0.4) is 0 Å². The van der Waals surface area contributed by atoms with E-state index < -0.39 is 24.1 Å². The highest BCUT2D eigenvalue weighted by molar-refractivity contribution is 5.87. The summed E-state index contributed by atoms with van der Waals surface area (Å²) in [5.74, 6) is 0.918. The van der Waals surface area contributed by atoms with Crippen LogP contribution in [-0.2, 0) is 27.2 Å². The van der Waals surface area contributed by atoms with Gasteiger partial charge in [0.25, 0.3) is 0 Å². The molecule has 1 aliphatic heterocycles. The fraction of sp³-hybridized carbons (Fsp3) is 0.346. The lowest BCUT2D eigenvalue weighted by Crippen LogP contribution is -2.46. The molecule has 1 unspecified atom stereocenters. The van der Waals surface area contributed by atoms with Crippen LogP contribution < -0.4 is 10.1 Å². The molecule has 10 heteroatoms. The van der Waals surface area contributed by atoms with Gasteiger partial charge in [0.05, 0.1) is 7.11 Å². The molecule has 2 heterocycles. The molecule has 0 spiro atoms. The Labute approximate surface area is 209 Å². The van der Waals surface area contributed by atoms with E-state index in [1.165, 1.54) is 12.0 Å². The van der Waals surface area contributed by atoms with Crippen molar-refractivity contribution in [1.82, 2.24) is 25.0 Å². The highest BCUT2D eigenvalue weighted by atomic mass is 16.6. The molecule has 3 aromatic rings. The van der Waals surface area contributed by atoms with Crippen molar-refractivity contribution >= 4 is 18.0 Å². The zero-order valence-corrected chi connectivity index (χ0v) is 20.5. The standard InChI is InChI=1S/C26H29N5O5/c1-30(2)26(34)36-19-14-12-17(13-15-19)16-20(25(33)35-3)27-24(32)21-10-7-11-22-28-29-23(31(21)22)18-8-5-4-6-9-18/h4-6,8-9,12-15,20-21H,7,10-11,16H2,1-3H3,(H,27,32)/t20-,21?/m0/s1. The molecule has 2 amide bonds. The van der Waals surface area contributed by atoms with Gasteiger partial charge in [0.2, 0.25) is 5.91 Å². The van der Waals surface area contributed by atoms with Gasteiger partial charge in [-0.05, 0) is 30.5 Å². The molecule has 0 fully saturated rings. The number of carbonyl (C=O) groups is 3. The first-order chi connectivity index (χ1) is 17.4. The molecule has 0 bridgehead atoms. The van der Waals surface area contributed by atoms with E-state index in [0.29, 0.717) is 18.0 Å². The highest BCUT2D eigenvalue weighted by Crippen LogP contribution is 2.30. The number of benzene rings is 2. The van der Waals surface area contributed by atoms with Crippen LogP contribution >= 0.6 is 0 Å². The van der Waals surface area contributed by atoms with Crippen LogP contribution in [0.1, 0.15) is 30.3 Å². The van der Waals surface area contributed by atoms with Crippen LogP contribution in [0.15, 0.2) is 54.6 Å². The summed E-state index contributed by atoms with van der Waals surface area (Å²) in [6, 6.07) is 14.9. The largest absolute Gasteiger partial charge is 0.467 e. The van der Waals surface area contributed by atoms with Crippen LogP contribution in [0, 0.1) is 0 Å². The second-order valence-electron chi connectivity index (χ2n) is 8.78. The Morgan fingerprint density at radius 2 is 1.81 bits per heavy atom. The average Bonchev–Trinajstić information content (AvgIpc) is 3.33. The number of aryl methyl sites for hydroxylation is 1. The molecule has 0 saturated carbocycles. The number of hydrogen-bond acceptors (Lipinski definition) is 7. The Kier molecular flexibility index (Phi) is 7.62. The molecule has 0 aliphatic carbocycles. The van der Waals surface area contributed by atoms with Crippen LogP contribution in [0.5, 0.6) is 5.75 Å². The molecule has 1 aromatic heterocycles. The molecule has 10 nitrogen and oxygen atoms in total. The van der Waals surface area contributed by atoms with E-state index in [1.54, 1.807) is 38.4 Å². The summed E-state index contributed by atoms with van der Waals surface area (Å²) in [7, 11) is 4.48. The van der Waals surface area contributed by atoms with Crippen molar-refractivity contribution in [2.45, 2.75) is 37.8 Å². The third kappa shape index (κ3) is 5.54. The van der Waals surface area contributed by atoms with E-state index in [2.05, 4.69) is 15.5 Å². The monoisotopic (exact) mass is 491 g/mol. The lowest BCUT2D eigenvalue weighted by atomic mass is 10.0. The first-order valence-corrected chi connectivity index (χ1v) is 11.7. The van der Waals surface area contributed by atoms with Crippen molar-refractivity contribution in [3.8, 4) is 17.1 Å². The van der Waals surface area contributed by atoms with Gasteiger partial charge in [-0.2, -0.15) is 0 Å². The Bertz CT molecular complexity index is 1220. The van der Waals surface area contributed by atoms with Crippen LogP contribution in [0.4, 0.5) is 4.79 Å². The topological polar surface area (TPSA) is 116 Å². The van der Waals surface area contributed by atoms with Gasteiger partial charge in [-0.25, -0.2) is 9.59 Å². The SMILES string of the molecule is COC(=O)[C@H](Cc1ccc(OC(=O)N(C)C)cc1)NC(=O)C1CCCc2nnc(-c3ccccc3)n21. The third-order valence-corrected chi connectivity index (χ3v) is 6.03. The molecule has 4 rings (SSSR count). The molecule has 2 aromatic carbocycles. The fourth-order valence-electron chi connectivity index (χ4n) is 4.16. The van der Waals surface area contributed by atoms with E-state index in [-0.39, 0.29) is 12.3 Å². The summed E-state index contributed by atoms with van der Waals surface area (Å²) in [6.45, 7) is 0. The number of esters is 1. The Morgan fingerprint density at radius 1 is 1.08 bits per heavy atom. The summed E-state index contributed by atoms with van der Waals surface area (Å²) in [4.78, 5) is 39.1.